The van der Waals surface area contributed by atoms with Gasteiger partial charge in [0.25, 0.3) is 0 Å². The highest BCUT2D eigenvalue weighted by atomic mass is 32.1. The topological polar surface area (TPSA) is 3.24 Å². The molecule has 0 amide bonds. The van der Waals surface area contributed by atoms with Crippen molar-refractivity contribution in [3.63, 3.8) is 0 Å². The van der Waals surface area contributed by atoms with Gasteiger partial charge in [0.15, 0.2) is 0 Å². The molecule has 12 aromatic carbocycles. The van der Waals surface area contributed by atoms with Gasteiger partial charge < -0.3 is 4.90 Å². The standard InChI is InChI=1S/C62H39NS/c1-2-15-41(16-3-1)57-37-47(29-32-52(57)46-27-26-40-14-4-5-18-43(40)34-46)63(48-30-33-61-60(38-48)56-31-28-42-17-6-11-23-53(42)62(56)64-61)49-35-44-19-7-10-22-51(44)59(39-49)58-36-45-20-8-9-21-50(45)54-24-12-13-25-55(54)58/h1-39H. The Morgan fingerprint density at radius 2 is 0.844 bits per heavy atom. The van der Waals surface area contributed by atoms with Crippen molar-refractivity contribution in [3.05, 3.63) is 237 Å². The maximum Gasteiger partial charge on any atom is 0.0474 e. The van der Waals surface area contributed by atoms with Crippen LogP contribution in [-0.2, 0) is 0 Å². The molecule has 13 rings (SSSR count). The van der Waals surface area contributed by atoms with Gasteiger partial charge in [0, 0.05) is 37.2 Å². The monoisotopic (exact) mass is 829 g/mol. The Bertz CT molecular complexity index is 3970. The molecule has 0 atom stereocenters. The predicted octanol–water partition coefficient (Wildman–Crippen LogP) is 18.3. The van der Waals surface area contributed by atoms with Crippen LogP contribution in [0.4, 0.5) is 17.1 Å². The van der Waals surface area contributed by atoms with Gasteiger partial charge in [0.2, 0.25) is 0 Å². The van der Waals surface area contributed by atoms with Gasteiger partial charge in [-0.3, -0.25) is 0 Å². The maximum atomic E-state index is 2.49. The molecule has 0 bridgehead atoms. The number of hydrogen-bond donors (Lipinski definition) is 0. The van der Waals surface area contributed by atoms with E-state index in [-0.39, 0.29) is 0 Å². The molecule has 0 aliphatic carbocycles. The number of nitrogens with zero attached hydrogens (tertiary/aromatic N) is 1. The fourth-order valence-electron chi connectivity index (χ4n) is 10.1. The van der Waals surface area contributed by atoms with E-state index in [0.29, 0.717) is 0 Å². The number of hydrogen-bond acceptors (Lipinski definition) is 2. The molecule has 0 saturated heterocycles. The van der Waals surface area contributed by atoms with Gasteiger partial charge in [-0.05, 0) is 142 Å². The summed E-state index contributed by atoms with van der Waals surface area (Å²) in [5, 5.41) is 15.1. The summed E-state index contributed by atoms with van der Waals surface area (Å²) in [5.74, 6) is 0. The fraction of sp³-hybridized carbons (Fsp3) is 0. The first-order chi connectivity index (χ1) is 31.7. The van der Waals surface area contributed by atoms with Crippen LogP contribution in [0.2, 0.25) is 0 Å². The van der Waals surface area contributed by atoms with E-state index in [1.54, 1.807) is 0 Å². The summed E-state index contributed by atoms with van der Waals surface area (Å²) in [6.07, 6.45) is 0. The third-order valence-corrected chi connectivity index (χ3v) is 14.4. The number of benzene rings is 12. The maximum absolute atomic E-state index is 2.49. The molecular formula is C62H39NS. The zero-order chi connectivity index (χ0) is 42.1. The smallest absolute Gasteiger partial charge is 0.0474 e. The minimum atomic E-state index is 1.09. The lowest BCUT2D eigenvalue weighted by Crippen LogP contribution is -2.10. The van der Waals surface area contributed by atoms with Crippen molar-refractivity contribution in [1.82, 2.24) is 0 Å². The first-order valence-corrected chi connectivity index (χ1v) is 22.8. The first-order valence-electron chi connectivity index (χ1n) is 22.0. The molecule has 1 nitrogen and oxygen atoms in total. The molecule has 0 N–H and O–H groups in total. The molecule has 0 spiro atoms. The van der Waals surface area contributed by atoms with E-state index in [2.05, 4.69) is 241 Å². The Hall–Kier alpha value is -8.04. The van der Waals surface area contributed by atoms with Crippen molar-refractivity contribution in [1.29, 1.82) is 0 Å². The van der Waals surface area contributed by atoms with E-state index in [1.165, 1.54) is 107 Å². The lowest BCUT2D eigenvalue weighted by Gasteiger charge is -2.28. The predicted molar refractivity (Wildman–Crippen MR) is 278 cm³/mol. The normalized spacial score (nSPS) is 11.8. The molecule has 0 fully saturated rings. The quantitative estimate of drug-likeness (QED) is 0.151. The number of thiophene rings is 1. The molecule has 298 valence electrons. The van der Waals surface area contributed by atoms with Crippen molar-refractivity contribution in [3.8, 4) is 33.4 Å². The van der Waals surface area contributed by atoms with Crippen molar-refractivity contribution in [2.75, 3.05) is 4.90 Å². The van der Waals surface area contributed by atoms with Crippen LogP contribution in [0.5, 0.6) is 0 Å². The van der Waals surface area contributed by atoms with Crippen LogP contribution in [0.1, 0.15) is 0 Å². The van der Waals surface area contributed by atoms with Crippen LogP contribution in [0.15, 0.2) is 237 Å². The van der Waals surface area contributed by atoms with Gasteiger partial charge in [-0.2, -0.15) is 0 Å². The summed E-state index contributed by atoms with van der Waals surface area (Å²) < 4.78 is 2.62. The third kappa shape index (κ3) is 5.99. The summed E-state index contributed by atoms with van der Waals surface area (Å²) in [6, 6.07) is 87.6. The minimum absolute atomic E-state index is 1.09. The Labute approximate surface area is 375 Å². The van der Waals surface area contributed by atoms with Gasteiger partial charge in [-0.25, -0.2) is 0 Å². The van der Waals surface area contributed by atoms with Crippen molar-refractivity contribution in [2.45, 2.75) is 0 Å². The van der Waals surface area contributed by atoms with E-state index >= 15 is 0 Å². The summed E-state index contributed by atoms with van der Waals surface area (Å²) in [7, 11) is 0. The van der Waals surface area contributed by atoms with Crippen LogP contribution in [-0.4, -0.2) is 0 Å². The van der Waals surface area contributed by atoms with Gasteiger partial charge >= 0.3 is 0 Å². The molecule has 0 saturated carbocycles. The molecule has 0 radical (unpaired) electrons. The average molecular weight is 830 g/mol. The van der Waals surface area contributed by atoms with Gasteiger partial charge in [-0.15, -0.1) is 11.3 Å². The Morgan fingerprint density at radius 1 is 0.250 bits per heavy atom. The molecule has 1 aromatic heterocycles. The Morgan fingerprint density at radius 3 is 1.67 bits per heavy atom. The van der Waals surface area contributed by atoms with Gasteiger partial charge in [0.05, 0.1) is 0 Å². The summed E-state index contributed by atoms with van der Waals surface area (Å²) in [4.78, 5) is 2.49. The second-order valence-electron chi connectivity index (χ2n) is 16.8. The van der Waals surface area contributed by atoms with Crippen LogP contribution in [0.25, 0.3) is 107 Å². The highest BCUT2D eigenvalue weighted by Crippen LogP contribution is 2.47. The van der Waals surface area contributed by atoms with E-state index in [0.717, 1.165) is 17.1 Å². The molecular weight excluding hydrogens is 791 g/mol. The molecule has 0 aliphatic heterocycles. The molecule has 1 heterocycles. The second-order valence-corrected chi connectivity index (χ2v) is 17.9. The fourth-order valence-corrected chi connectivity index (χ4v) is 11.4. The van der Waals surface area contributed by atoms with Crippen molar-refractivity contribution < 1.29 is 0 Å². The Kier molecular flexibility index (Phi) is 8.47. The molecule has 64 heavy (non-hydrogen) atoms. The summed E-state index contributed by atoms with van der Waals surface area (Å²) in [5.41, 5.74) is 10.5. The van der Waals surface area contributed by atoms with E-state index in [1.807, 2.05) is 11.3 Å². The minimum Gasteiger partial charge on any atom is -0.310 e. The Balaban J connectivity index is 1.09. The highest BCUT2D eigenvalue weighted by Gasteiger charge is 2.21. The molecule has 0 unspecified atom stereocenters. The molecule has 0 aliphatic rings. The van der Waals surface area contributed by atoms with Crippen LogP contribution in [0, 0.1) is 0 Å². The van der Waals surface area contributed by atoms with E-state index in [4.69, 9.17) is 0 Å². The summed E-state index contributed by atoms with van der Waals surface area (Å²) in [6.45, 7) is 0. The van der Waals surface area contributed by atoms with E-state index < -0.39 is 0 Å². The van der Waals surface area contributed by atoms with E-state index in [9.17, 15) is 0 Å². The number of fused-ring (bicyclic) bond motifs is 10. The van der Waals surface area contributed by atoms with Gasteiger partial charge in [0.1, 0.15) is 0 Å². The third-order valence-electron chi connectivity index (χ3n) is 13.2. The van der Waals surface area contributed by atoms with Gasteiger partial charge in [-0.1, -0.05) is 182 Å². The number of anilines is 3. The highest BCUT2D eigenvalue weighted by molar-refractivity contribution is 7.26. The zero-order valence-electron chi connectivity index (χ0n) is 34.9. The largest absolute Gasteiger partial charge is 0.310 e. The average Bonchev–Trinajstić information content (AvgIpc) is 3.75. The van der Waals surface area contributed by atoms with Crippen molar-refractivity contribution >= 4 is 102 Å². The molecule has 13 aromatic rings. The lowest BCUT2D eigenvalue weighted by atomic mass is 9.90. The number of rotatable bonds is 6. The van der Waals surface area contributed by atoms with Crippen LogP contribution >= 0.6 is 11.3 Å². The first kappa shape index (κ1) is 36.6. The SMILES string of the molecule is c1ccc(-c2cc(N(c3cc(-c4cc5ccccc5c5ccccc45)c4ccccc4c3)c3ccc4sc5c6ccccc6ccc5c4c3)ccc2-c2ccc3ccccc3c2)cc1. The summed E-state index contributed by atoms with van der Waals surface area (Å²) >= 11 is 1.89. The molecule has 2 heteroatoms. The van der Waals surface area contributed by atoms with Crippen LogP contribution < -0.4 is 4.90 Å². The lowest BCUT2D eigenvalue weighted by molar-refractivity contribution is 1.30. The zero-order valence-corrected chi connectivity index (χ0v) is 35.7. The second kappa shape index (κ2) is 14.8. The van der Waals surface area contributed by atoms with Crippen LogP contribution in [0.3, 0.4) is 0 Å². The van der Waals surface area contributed by atoms with Crippen molar-refractivity contribution in [2.24, 2.45) is 0 Å².